The summed E-state index contributed by atoms with van der Waals surface area (Å²) in [6.07, 6.45) is 3.14. The summed E-state index contributed by atoms with van der Waals surface area (Å²) in [6.45, 7) is 11.4. The van der Waals surface area contributed by atoms with Gasteiger partial charge in [0.2, 0.25) is 0 Å². The van der Waals surface area contributed by atoms with Crippen LogP contribution in [0.5, 0.6) is 0 Å². The van der Waals surface area contributed by atoms with Gasteiger partial charge in [0.15, 0.2) is 0 Å². The first kappa shape index (κ1) is 17.5. The zero-order valence-electron chi connectivity index (χ0n) is 14.1. The van der Waals surface area contributed by atoms with E-state index in [4.69, 9.17) is 0 Å². The van der Waals surface area contributed by atoms with E-state index < -0.39 is 0 Å². The van der Waals surface area contributed by atoms with E-state index in [2.05, 4.69) is 39.9 Å². The van der Waals surface area contributed by atoms with Gasteiger partial charge in [-0.1, -0.05) is 32.4 Å². The first-order valence-corrected chi connectivity index (χ1v) is 8.17. The fourth-order valence-corrected chi connectivity index (χ4v) is 2.33. The number of carbonyl (C=O) groups is 1. The van der Waals surface area contributed by atoms with Crippen LogP contribution in [0.2, 0.25) is 0 Å². The van der Waals surface area contributed by atoms with Crippen molar-refractivity contribution in [3.63, 3.8) is 0 Å². The zero-order valence-corrected chi connectivity index (χ0v) is 14.1. The smallest absolute Gasteiger partial charge is 0.256 e. The Labute approximate surface area is 129 Å². The molecule has 0 heterocycles. The second-order valence-electron chi connectivity index (χ2n) is 5.95. The predicted octanol–water partition coefficient (Wildman–Crippen LogP) is 4.55. The Morgan fingerprint density at radius 1 is 1.19 bits per heavy atom. The highest BCUT2D eigenvalue weighted by Gasteiger charge is 2.22. The molecule has 1 aromatic rings. The molecule has 3 nitrogen and oxygen atoms in total. The van der Waals surface area contributed by atoms with Gasteiger partial charge < -0.3 is 10.2 Å². The number of hydrogen-bond donors (Lipinski definition) is 1. The summed E-state index contributed by atoms with van der Waals surface area (Å²) >= 11 is 0. The molecule has 0 aromatic heterocycles. The van der Waals surface area contributed by atoms with Crippen molar-refractivity contribution in [2.75, 3.05) is 11.9 Å². The largest absolute Gasteiger partial charge is 0.382 e. The highest BCUT2D eigenvalue weighted by molar-refractivity contribution is 5.99. The van der Waals surface area contributed by atoms with E-state index in [0.29, 0.717) is 6.04 Å². The summed E-state index contributed by atoms with van der Waals surface area (Å²) in [6, 6.07) is 8.41. The summed E-state index contributed by atoms with van der Waals surface area (Å²) in [5, 5.41) is 3.37. The fraction of sp³-hybridized carbons (Fsp3) is 0.611. The highest BCUT2D eigenvalue weighted by atomic mass is 16.2. The van der Waals surface area contributed by atoms with Gasteiger partial charge >= 0.3 is 0 Å². The van der Waals surface area contributed by atoms with Gasteiger partial charge in [0.05, 0.1) is 5.56 Å². The van der Waals surface area contributed by atoms with Gasteiger partial charge in [0, 0.05) is 24.3 Å². The topological polar surface area (TPSA) is 32.3 Å². The van der Waals surface area contributed by atoms with Crippen molar-refractivity contribution in [2.24, 2.45) is 0 Å². The van der Waals surface area contributed by atoms with Crippen LogP contribution in [-0.4, -0.2) is 29.4 Å². The monoisotopic (exact) mass is 290 g/mol. The molecular weight excluding hydrogens is 260 g/mol. The van der Waals surface area contributed by atoms with Crippen LogP contribution in [0.15, 0.2) is 24.3 Å². The Morgan fingerprint density at radius 2 is 1.86 bits per heavy atom. The number of unbranched alkanes of at least 4 members (excludes halogenated alkanes) is 1. The SMILES string of the molecule is CCCCN(C(=O)c1ccccc1NC(C)C)C(C)CC. The molecule has 0 saturated carbocycles. The van der Waals surface area contributed by atoms with E-state index in [1.54, 1.807) is 0 Å². The van der Waals surface area contributed by atoms with Gasteiger partial charge in [-0.3, -0.25) is 4.79 Å². The molecule has 0 fully saturated rings. The lowest BCUT2D eigenvalue weighted by atomic mass is 10.1. The number of nitrogens with zero attached hydrogens (tertiary/aromatic N) is 1. The molecule has 1 atom stereocenters. The van der Waals surface area contributed by atoms with Crippen LogP contribution < -0.4 is 5.32 Å². The average Bonchev–Trinajstić information content (AvgIpc) is 2.47. The minimum Gasteiger partial charge on any atom is -0.382 e. The van der Waals surface area contributed by atoms with E-state index in [-0.39, 0.29) is 11.9 Å². The van der Waals surface area contributed by atoms with E-state index >= 15 is 0 Å². The van der Waals surface area contributed by atoms with Gasteiger partial charge in [0.1, 0.15) is 0 Å². The number of nitrogens with one attached hydrogen (secondary N) is 1. The summed E-state index contributed by atoms with van der Waals surface area (Å²) in [7, 11) is 0. The second-order valence-corrected chi connectivity index (χ2v) is 5.95. The molecule has 1 unspecified atom stereocenters. The normalized spacial score (nSPS) is 12.3. The number of amides is 1. The summed E-state index contributed by atoms with van der Waals surface area (Å²) in [5.74, 6) is 0.140. The van der Waals surface area contributed by atoms with E-state index in [9.17, 15) is 4.79 Å². The van der Waals surface area contributed by atoms with Crippen molar-refractivity contribution in [3.8, 4) is 0 Å². The van der Waals surface area contributed by atoms with Gasteiger partial charge in [-0.2, -0.15) is 0 Å². The molecule has 118 valence electrons. The van der Waals surface area contributed by atoms with Crippen LogP contribution in [0.25, 0.3) is 0 Å². The molecule has 0 aliphatic carbocycles. The van der Waals surface area contributed by atoms with Crippen molar-refractivity contribution in [1.82, 2.24) is 4.90 Å². The molecule has 0 bridgehead atoms. The molecule has 0 spiro atoms. The van der Waals surface area contributed by atoms with Crippen molar-refractivity contribution in [1.29, 1.82) is 0 Å². The quantitative estimate of drug-likeness (QED) is 0.762. The van der Waals surface area contributed by atoms with Crippen molar-refractivity contribution < 1.29 is 4.79 Å². The molecule has 1 rings (SSSR count). The predicted molar refractivity (Wildman–Crippen MR) is 90.9 cm³/mol. The van der Waals surface area contributed by atoms with Crippen molar-refractivity contribution >= 4 is 11.6 Å². The molecule has 1 N–H and O–H groups in total. The maximum atomic E-state index is 12.9. The molecule has 0 saturated heterocycles. The van der Waals surface area contributed by atoms with E-state index in [1.165, 1.54) is 0 Å². The van der Waals surface area contributed by atoms with Crippen LogP contribution in [0, 0.1) is 0 Å². The third-order valence-electron chi connectivity index (χ3n) is 3.74. The van der Waals surface area contributed by atoms with Crippen LogP contribution in [0.1, 0.15) is 64.2 Å². The van der Waals surface area contributed by atoms with Crippen LogP contribution >= 0.6 is 0 Å². The van der Waals surface area contributed by atoms with E-state index in [1.807, 2.05) is 29.2 Å². The van der Waals surface area contributed by atoms with Gasteiger partial charge in [-0.25, -0.2) is 0 Å². The first-order chi connectivity index (χ1) is 10.0. The van der Waals surface area contributed by atoms with Gasteiger partial charge in [0.25, 0.3) is 5.91 Å². The number of hydrogen-bond acceptors (Lipinski definition) is 2. The summed E-state index contributed by atoms with van der Waals surface area (Å²) in [5.41, 5.74) is 1.71. The zero-order chi connectivity index (χ0) is 15.8. The summed E-state index contributed by atoms with van der Waals surface area (Å²) in [4.78, 5) is 15.0. The molecule has 0 aliphatic rings. The summed E-state index contributed by atoms with van der Waals surface area (Å²) < 4.78 is 0. The molecule has 0 radical (unpaired) electrons. The number of carbonyl (C=O) groups excluding carboxylic acids is 1. The Kier molecular flexibility index (Phi) is 7.27. The molecule has 21 heavy (non-hydrogen) atoms. The lowest BCUT2D eigenvalue weighted by molar-refractivity contribution is 0.0686. The lowest BCUT2D eigenvalue weighted by Crippen LogP contribution is -2.39. The number of rotatable bonds is 8. The second kappa shape index (κ2) is 8.71. The Morgan fingerprint density at radius 3 is 2.43 bits per heavy atom. The minimum atomic E-state index is 0.140. The van der Waals surface area contributed by atoms with Crippen molar-refractivity contribution in [2.45, 2.75) is 66.0 Å². The average molecular weight is 290 g/mol. The molecule has 1 amide bonds. The van der Waals surface area contributed by atoms with Gasteiger partial charge in [-0.05, 0) is 45.7 Å². The first-order valence-electron chi connectivity index (χ1n) is 8.17. The fourth-order valence-electron chi connectivity index (χ4n) is 2.33. The standard InChI is InChI=1S/C18H30N2O/c1-6-8-13-20(15(5)7-2)18(21)16-11-9-10-12-17(16)19-14(3)4/h9-12,14-15,19H,6-8,13H2,1-5H3. The molecule has 0 aliphatic heterocycles. The number of anilines is 1. The third-order valence-corrected chi connectivity index (χ3v) is 3.74. The van der Waals surface area contributed by atoms with Crippen LogP contribution in [0.4, 0.5) is 5.69 Å². The highest BCUT2D eigenvalue weighted by Crippen LogP contribution is 2.20. The number of benzene rings is 1. The van der Waals surface area contributed by atoms with E-state index in [0.717, 1.165) is 37.1 Å². The maximum Gasteiger partial charge on any atom is 0.256 e. The third kappa shape index (κ3) is 5.07. The Bertz CT molecular complexity index is 443. The van der Waals surface area contributed by atoms with Crippen LogP contribution in [0.3, 0.4) is 0 Å². The maximum absolute atomic E-state index is 12.9. The van der Waals surface area contributed by atoms with Crippen molar-refractivity contribution in [3.05, 3.63) is 29.8 Å². The Hall–Kier alpha value is -1.51. The number of para-hydroxylation sites is 1. The Balaban J connectivity index is 3.02. The minimum absolute atomic E-state index is 0.140. The molecular formula is C18H30N2O. The molecule has 1 aromatic carbocycles. The van der Waals surface area contributed by atoms with Gasteiger partial charge in [-0.15, -0.1) is 0 Å². The lowest BCUT2D eigenvalue weighted by Gasteiger charge is -2.29. The molecule has 3 heteroatoms. The van der Waals surface area contributed by atoms with Crippen LogP contribution in [-0.2, 0) is 0 Å².